The first-order valence-corrected chi connectivity index (χ1v) is 6.09. The van der Waals surface area contributed by atoms with E-state index in [4.69, 9.17) is 5.73 Å². The fraction of sp³-hybridized carbons (Fsp3) is 0.615. The monoisotopic (exact) mass is 236 g/mol. The largest absolute Gasteiger partial charge is 0.396 e. The van der Waals surface area contributed by atoms with Gasteiger partial charge in [0.05, 0.1) is 17.6 Å². The molecule has 0 saturated heterocycles. The number of nitrogen functional groups attached to an aromatic ring is 1. The molecule has 0 aromatic carbocycles. The maximum atomic E-state index is 5.89. The van der Waals surface area contributed by atoms with Gasteiger partial charge in [0.2, 0.25) is 0 Å². The van der Waals surface area contributed by atoms with Crippen LogP contribution in [0.5, 0.6) is 0 Å². The van der Waals surface area contributed by atoms with Crippen molar-refractivity contribution in [1.82, 2.24) is 9.88 Å². The van der Waals surface area contributed by atoms with Gasteiger partial charge in [-0.2, -0.15) is 0 Å². The molecule has 0 bridgehead atoms. The van der Waals surface area contributed by atoms with Crippen molar-refractivity contribution in [3.63, 3.8) is 0 Å². The molecule has 0 radical (unpaired) electrons. The van der Waals surface area contributed by atoms with Gasteiger partial charge in [0.25, 0.3) is 0 Å². The lowest BCUT2D eigenvalue weighted by atomic mass is 10.0. The van der Waals surface area contributed by atoms with Gasteiger partial charge in [-0.05, 0) is 32.5 Å². The van der Waals surface area contributed by atoms with Crippen molar-refractivity contribution in [3.05, 3.63) is 18.5 Å². The highest BCUT2D eigenvalue weighted by Crippen LogP contribution is 2.19. The van der Waals surface area contributed by atoms with E-state index in [0.29, 0.717) is 17.6 Å². The highest BCUT2D eigenvalue weighted by Gasteiger charge is 2.12. The molecule has 1 atom stereocenters. The lowest BCUT2D eigenvalue weighted by Crippen LogP contribution is -2.33. The van der Waals surface area contributed by atoms with Crippen LogP contribution in [0.2, 0.25) is 0 Å². The summed E-state index contributed by atoms with van der Waals surface area (Å²) in [6.07, 6.45) is 4.57. The van der Waals surface area contributed by atoms with Gasteiger partial charge in [0, 0.05) is 18.8 Å². The summed E-state index contributed by atoms with van der Waals surface area (Å²) in [4.78, 5) is 6.19. The van der Waals surface area contributed by atoms with Gasteiger partial charge in [-0.25, -0.2) is 0 Å². The number of anilines is 2. The molecule has 1 aromatic heterocycles. The number of nitrogens with two attached hydrogens (primary N) is 1. The second kappa shape index (κ2) is 6.45. The number of likely N-dealkylation sites (N-methyl/N-ethyl adjacent to an activating group) is 1. The van der Waals surface area contributed by atoms with Crippen LogP contribution in [0.25, 0.3) is 0 Å². The van der Waals surface area contributed by atoms with E-state index in [1.165, 1.54) is 0 Å². The topological polar surface area (TPSA) is 54.2 Å². The highest BCUT2D eigenvalue weighted by atomic mass is 15.1. The SMILES string of the molecule is CC(C)CC(CN(C)C)Nc1ccncc1N. The van der Waals surface area contributed by atoms with Crippen LogP contribution in [-0.4, -0.2) is 36.6 Å². The normalized spacial score (nSPS) is 13.1. The van der Waals surface area contributed by atoms with Crippen LogP contribution in [0, 0.1) is 5.92 Å². The molecule has 0 aliphatic heterocycles. The maximum Gasteiger partial charge on any atom is 0.0736 e. The number of rotatable bonds is 6. The Morgan fingerprint density at radius 1 is 1.41 bits per heavy atom. The first-order chi connectivity index (χ1) is 7.99. The molecule has 3 N–H and O–H groups in total. The predicted molar refractivity (Wildman–Crippen MR) is 74.1 cm³/mol. The summed E-state index contributed by atoms with van der Waals surface area (Å²) in [5, 5.41) is 3.50. The van der Waals surface area contributed by atoms with Crippen molar-refractivity contribution < 1.29 is 0 Å². The third kappa shape index (κ3) is 5.04. The van der Waals surface area contributed by atoms with Crippen molar-refractivity contribution in [3.8, 4) is 0 Å². The van der Waals surface area contributed by atoms with Crippen LogP contribution in [0.15, 0.2) is 18.5 Å². The smallest absolute Gasteiger partial charge is 0.0736 e. The molecule has 0 aliphatic carbocycles. The molecule has 96 valence electrons. The van der Waals surface area contributed by atoms with E-state index in [-0.39, 0.29) is 0 Å². The zero-order chi connectivity index (χ0) is 12.8. The molecule has 4 nitrogen and oxygen atoms in total. The summed E-state index contributed by atoms with van der Waals surface area (Å²) in [7, 11) is 4.18. The Morgan fingerprint density at radius 3 is 2.65 bits per heavy atom. The van der Waals surface area contributed by atoms with E-state index in [1.807, 2.05) is 6.07 Å². The Morgan fingerprint density at radius 2 is 2.12 bits per heavy atom. The van der Waals surface area contributed by atoms with E-state index < -0.39 is 0 Å². The molecule has 1 rings (SSSR count). The van der Waals surface area contributed by atoms with Crippen LogP contribution in [0.3, 0.4) is 0 Å². The number of hydrogen-bond donors (Lipinski definition) is 2. The van der Waals surface area contributed by atoms with Gasteiger partial charge < -0.3 is 16.0 Å². The van der Waals surface area contributed by atoms with Gasteiger partial charge in [0.15, 0.2) is 0 Å². The maximum absolute atomic E-state index is 5.89. The second-order valence-electron chi connectivity index (χ2n) is 5.20. The number of aromatic nitrogens is 1. The molecule has 0 saturated carbocycles. The summed E-state index contributed by atoms with van der Waals surface area (Å²) < 4.78 is 0. The molecule has 4 heteroatoms. The summed E-state index contributed by atoms with van der Waals surface area (Å²) >= 11 is 0. The Balaban J connectivity index is 2.68. The van der Waals surface area contributed by atoms with Crippen LogP contribution < -0.4 is 11.1 Å². The Hall–Kier alpha value is -1.29. The molecule has 0 fully saturated rings. The van der Waals surface area contributed by atoms with Crippen LogP contribution in [0.4, 0.5) is 11.4 Å². The molecule has 0 amide bonds. The Kier molecular flexibility index (Phi) is 5.22. The summed E-state index contributed by atoms with van der Waals surface area (Å²) in [6, 6.07) is 2.34. The third-order valence-electron chi connectivity index (χ3n) is 2.55. The van der Waals surface area contributed by atoms with E-state index >= 15 is 0 Å². The molecule has 17 heavy (non-hydrogen) atoms. The van der Waals surface area contributed by atoms with Crippen LogP contribution >= 0.6 is 0 Å². The zero-order valence-electron chi connectivity index (χ0n) is 11.3. The minimum Gasteiger partial charge on any atom is -0.396 e. The van der Waals surface area contributed by atoms with Gasteiger partial charge in [-0.3, -0.25) is 4.98 Å². The third-order valence-corrected chi connectivity index (χ3v) is 2.55. The standard InChI is InChI=1S/C13H24N4/c1-10(2)7-11(9-17(3)4)16-13-5-6-15-8-12(13)14/h5-6,8,10-11H,7,9,14H2,1-4H3,(H,15,16). The Bertz CT molecular complexity index is 326. The minimum absolute atomic E-state index is 0.412. The lowest BCUT2D eigenvalue weighted by molar-refractivity contribution is 0.356. The molecule has 1 heterocycles. The van der Waals surface area contributed by atoms with Crippen LogP contribution in [-0.2, 0) is 0 Å². The average molecular weight is 236 g/mol. The Labute approximate surface area is 104 Å². The van der Waals surface area contributed by atoms with Crippen molar-refractivity contribution in [2.24, 2.45) is 5.92 Å². The zero-order valence-corrected chi connectivity index (χ0v) is 11.3. The first-order valence-electron chi connectivity index (χ1n) is 6.09. The van der Waals surface area contributed by atoms with Gasteiger partial charge >= 0.3 is 0 Å². The van der Waals surface area contributed by atoms with Crippen molar-refractivity contribution in [1.29, 1.82) is 0 Å². The molecular formula is C13H24N4. The van der Waals surface area contributed by atoms with E-state index in [2.05, 4.69) is 43.1 Å². The van der Waals surface area contributed by atoms with Crippen molar-refractivity contribution in [2.45, 2.75) is 26.3 Å². The quantitative estimate of drug-likeness (QED) is 0.794. The molecule has 1 unspecified atom stereocenters. The van der Waals surface area contributed by atoms with E-state index in [1.54, 1.807) is 12.4 Å². The second-order valence-corrected chi connectivity index (χ2v) is 5.20. The average Bonchev–Trinajstić information content (AvgIpc) is 2.19. The van der Waals surface area contributed by atoms with E-state index in [9.17, 15) is 0 Å². The van der Waals surface area contributed by atoms with Crippen LogP contribution in [0.1, 0.15) is 20.3 Å². The summed E-state index contributed by atoms with van der Waals surface area (Å²) in [5.41, 5.74) is 7.58. The van der Waals surface area contributed by atoms with Crippen molar-refractivity contribution in [2.75, 3.05) is 31.7 Å². The summed E-state index contributed by atoms with van der Waals surface area (Å²) in [5.74, 6) is 0.663. The number of hydrogen-bond acceptors (Lipinski definition) is 4. The summed E-state index contributed by atoms with van der Waals surface area (Å²) in [6.45, 7) is 5.47. The lowest BCUT2D eigenvalue weighted by Gasteiger charge is -2.25. The predicted octanol–water partition coefficient (Wildman–Crippen LogP) is 2.05. The van der Waals surface area contributed by atoms with Gasteiger partial charge in [-0.1, -0.05) is 13.8 Å². The molecule has 0 aliphatic rings. The van der Waals surface area contributed by atoms with Gasteiger partial charge in [-0.15, -0.1) is 0 Å². The number of nitrogens with zero attached hydrogens (tertiary/aromatic N) is 2. The number of nitrogens with one attached hydrogen (secondary N) is 1. The molecular weight excluding hydrogens is 212 g/mol. The fourth-order valence-electron chi connectivity index (χ4n) is 1.95. The first kappa shape index (κ1) is 13.8. The minimum atomic E-state index is 0.412. The fourth-order valence-corrected chi connectivity index (χ4v) is 1.95. The van der Waals surface area contributed by atoms with Crippen molar-refractivity contribution >= 4 is 11.4 Å². The highest BCUT2D eigenvalue weighted by molar-refractivity contribution is 5.64. The molecule has 1 aromatic rings. The van der Waals surface area contributed by atoms with Gasteiger partial charge in [0.1, 0.15) is 0 Å². The van der Waals surface area contributed by atoms with E-state index in [0.717, 1.165) is 18.7 Å². The number of pyridine rings is 1. The molecule has 0 spiro atoms.